The normalized spacial score (nSPS) is 25.7. The van der Waals surface area contributed by atoms with E-state index in [4.69, 9.17) is 4.99 Å². The molecule has 1 unspecified atom stereocenters. The Bertz CT molecular complexity index is 870. The van der Waals surface area contributed by atoms with Crippen molar-refractivity contribution in [1.82, 2.24) is 4.98 Å². The Morgan fingerprint density at radius 3 is 2.52 bits per heavy atom. The van der Waals surface area contributed by atoms with Crippen molar-refractivity contribution in [2.24, 2.45) is 10.9 Å². The first kappa shape index (κ1) is 17.6. The van der Waals surface area contributed by atoms with Crippen LogP contribution in [0.5, 0.6) is 0 Å². The molecule has 1 aliphatic carbocycles. The van der Waals surface area contributed by atoms with Gasteiger partial charge in [0.25, 0.3) is 5.91 Å². The number of rotatable bonds is 3. The molecule has 0 radical (unpaired) electrons. The molecular formula is C22H23N3O2. The molecule has 0 bridgehead atoms. The van der Waals surface area contributed by atoms with Crippen LogP contribution in [0.15, 0.2) is 53.7 Å². The summed E-state index contributed by atoms with van der Waals surface area (Å²) in [6.07, 6.45) is 7.81. The highest BCUT2D eigenvalue weighted by Gasteiger charge is 2.39. The largest absolute Gasteiger partial charge is 0.293 e. The lowest BCUT2D eigenvalue weighted by atomic mass is 9.87. The number of aromatic nitrogens is 1. The first-order valence-corrected chi connectivity index (χ1v) is 9.56. The summed E-state index contributed by atoms with van der Waals surface area (Å²) in [6.45, 7) is 2.27. The predicted octanol–water partition coefficient (Wildman–Crippen LogP) is 4.00. The van der Waals surface area contributed by atoms with Crippen molar-refractivity contribution in [3.8, 4) is 0 Å². The maximum Gasteiger partial charge on any atom is 0.266 e. The number of imide groups is 1. The Kier molecular flexibility index (Phi) is 4.84. The number of aliphatic imine (C=N–C) groups is 1. The maximum absolute atomic E-state index is 13.2. The van der Waals surface area contributed by atoms with Gasteiger partial charge in [-0.15, -0.1) is 0 Å². The first-order valence-electron chi connectivity index (χ1n) is 9.56. The fraction of sp³-hybridized carbons (Fsp3) is 0.364. The summed E-state index contributed by atoms with van der Waals surface area (Å²) in [5.74, 6) is -0.0614. The van der Waals surface area contributed by atoms with E-state index in [-0.39, 0.29) is 17.9 Å². The number of fused-ring (bicyclic) bond motifs is 1. The van der Waals surface area contributed by atoms with Gasteiger partial charge in [0.05, 0.1) is 5.92 Å². The molecule has 1 aromatic carbocycles. The second-order valence-corrected chi connectivity index (χ2v) is 7.44. The highest BCUT2D eigenvalue weighted by molar-refractivity contribution is 6.28. The predicted molar refractivity (Wildman–Crippen MR) is 105 cm³/mol. The number of hydrogen-bond donors (Lipinski definition) is 0. The molecule has 1 aliphatic heterocycles. The van der Waals surface area contributed by atoms with Gasteiger partial charge in [0.1, 0.15) is 5.82 Å². The quantitative estimate of drug-likeness (QED) is 0.613. The average Bonchev–Trinajstić information content (AvgIpc) is 2.70. The van der Waals surface area contributed by atoms with Crippen LogP contribution in [-0.4, -0.2) is 29.1 Å². The van der Waals surface area contributed by atoms with Crippen LogP contribution in [0, 0.1) is 5.92 Å². The third-order valence-corrected chi connectivity index (χ3v) is 5.53. The lowest BCUT2D eigenvalue weighted by molar-refractivity contribution is -0.118. The topological polar surface area (TPSA) is 62.6 Å². The fourth-order valence-electron chi connectivity index (χ4n) is 3.90. The number of benzene rings is 1. The van der Waals surface area contributed by atoms with Crippen LogP contribution in [0.1, 0.15) is 54.4 Å². The molecule has 4 rings (SSSR count). The Balaban J connectivity index is 1.68. The van der Waals surface area contributed by atoms with Crippen molar-refractivity contribution < 1.29 is 9.59 Å². The lowest BCUT2D eigenvalue weighted by Crippen LogP contribution is -2.46. The van der Waals surface area contributed by atoms with Gasteiger partial charge in [0, 0.05) is 24.0 Å². The van der Waals surface area contributed by atoms with Gasteiger partial charge in [-0.25, -0.2) is 9.88 Å². The summed E-state index contributed by atoms with van der Waals surface area (Å²) in [6, 6.07) is 12.8. The van der Waals surface area contributed by atoms with Crippen molar-refractivity contribution >= 4 is 23.8 Å². The van der Waals surface area contributed by atoms with Gasteiger partial charge in [-0.05, 0) is 55.4 Å². The molecule has 2 amide bonds. The minimum Gasteiger partial charge on any atom is -0.293 e. The van der Waals surface area contributed by atoms with E-state index in [2.05, 4.69) is 11.9 Å². The molecule has 1 saturated carbocycles. The maximum atomic E-state index is 13.2. The van der Waals surface area contributed by atoms with Gasteiger partial charge in [-0.2, -0.15) is 0 Å². The molecule has 2 aromatic rings. The summed E-state index contributed by atoms with van der Waals surface area (Å²) < 4.78 is 0. The minimum atomic E-state index is -0.555. The fourth-order valence-corrected chi connectivity index (χ4v) is 3.90. The first-order chi connectivity index (χ1) is 13.1. The molecule has 27 heavy (non-hydrogen) atoms. The van der Waals surface area contributed by atoms with Crippen molar-refractivity contribution in [2.45, 2.75) is 44.6 Å². The van der Waals surface area contributed by atoms with E-state index in [1.807, 2.05) is 18.2 Å². The van der Waals surface area contributed by atoms with E-state index < -0.39 is 5.92 Å². The third kappa shape index (κ3) is 3.42. The number of carbonyl (C=O) groups is 2. The SMILES string of the molecule is CC1CCC(N=CC2C(=O)N(c3ccccn3)C(=O)c3ccccc32)CC1. The number of amides is 2. The Morgan fingerprint density at radius 1 is 1.04 bits per heavy atom. The molecule has 5 heteroatoms. The highest BCUT2D eigenvalue weighted by Crippen LogP contribution is 2.32. The molecule has 1 fully saturated rings. The third-order valence-electron chi connectivity index (χ3n) is 5.53. The van der Waals surface area contributed by atoms with E-state index in [1.54, 1.807) is 36.7 Å². The van der Waals surface area contributed by atoms with Gasteiger partial charge in [0.2, 0.25) is 5.91 Å². The van der Waals surface area contributed by atoms with E-state index in [0.717, 1.165) is 24.3 Å². The number of anilines is 1. The average molecular weight is 361 g/mol. The highest BCUT2D eigenvalue weighted by atomic mass is 16.2. The molecule has 2 heterocycles. The van der Waals surface area contributed by atoms with E-state index >= 15 is 0 Å². The zero-order valence-electron chi connectivity index (χ0n) is 15.4. The molecule has 1 aromatic heterocycles. The van der Waals surface area contributed by atoms with Crippen LogP contribution >= 0.6 is 0 Å². The van der Waals surface area contributed by atoms with Crippen LogP contribution < -0.4 is 4.90 Å². The monoisotopic (exact) mass is 361 g/mol. The minimum absolute atomic E-state index is 0.266. The number of carbonyl (C=O) groups excluding carboxylic acids is 2. The Labute approximate surface area is 159 Å². The standard InChI is InChI=1S/C22H23N3O2/c1-15-9-11-16(12-10-15)24-14-19-17-6-2-3-7-18(17)21(26)25(22(19)27)20-8-4-5-13-23-20/h2-8,13-16,19H,9-12H2,1H3. The molecule has 138 valence electrons. The van der Waals surface area contributed by atoms with Crippen LogP contribution in [0.3, 0.4) is 0 Å². The van der Waals surface area contributed by atoms with Crippen molar-refractivity contribution in [2.75, 3.05) is 4.90 Å². The summed E-state index contributed by atoms with van der Waals surface area (Å²) >= 11 is 0. The molecule has 0 saturated heterocycles. The summed E-state index contributed by atoms with van der Waals surface area (Å²) in [5.41, 5.74) is 1.27. The molecular weight excluding hydrogens is 338 g/mol. The summed E-state index contributed by atoms with van der Waals surface area (Å²) in [4.78, 5) is 36.3. The van der Waals surface area contributed by atoms with E-state index in [9.17, 15) is 9.59 Å². The van der Waals surface area contributed by atoms with E-state index in [0.29, 0.717) is 11.4 Å². The van der Waals surface area contributed by atoms with Gasteiger partial charge in [-0.1, -0.05) is 31.2 Å². The number of pyridine rings is 1. The Hall–Kier alpha value is -2.82. The van der Waals surface area contributed by atoms with Gasteiger partial charge < -0.3 is 0 Å². The van der Waals surface area contributed by atoms with Crippen molar-refractivity contribution in [3.63, 3.8) is 0 Å². The molecule has 1 atom stereocenters. The van der Waals surface area contributed by atoms with Crippen molar-refractivity contribution in [1.29, 1.82) is 0 Å². The van der Waals surface area contributed by atoms with Gasteiger partial charge >= 0.3 is 0 Å². The zero-order chi connectivity index (χ0) is 18.8. The zero-order valence-corrected chi connectivity index (χ0v) is 15.4. The van der Waals surface area contributed by atoms with Crippen LogP contribution in [0.2, 0.25) is 0 Å². The lowest BCUT2D eigenvalue weighted by Gasteiger charge is -2.30. The second-order valence-electron chi connectivity index (χ2n) is 7.44. The van der Waals surface area contributed by atoms with Crippen molar-refractivity contribution in [3.05, 3.63) is 59.8 Å². The second kappa shape index (κ2) is 7.43. The van der Waals surface area contributed by atoms with Gasteiger partial charge in [0.15, 0.2) is 0 Å². The molecule has 5 nitrogen and oxygen atoms in total. The van der Waals surface area contributed by atoms with Crippen LogP contribution in [0.25, 0.3) is 0 Å². The van der Waals surface area contributed by atoms with E-state index in [1.165, 1.54) is 17.7 Å². The molecule has 2 aliphatic rings. The molecule has 0 N–H and O–H groups in total. The van der Waals surface area contributed by atoms with Gasteiger partial charge in [-0.3, -0.25) is 14.6 Å². The number of hydrogen-bond acceptors (Lipinski definition) is 4. The Morgan fingerprint density at radius 2 is 1.78 bits per heavy atom. The van der Waals surface area contributed by atoms with Crippen LogP contribution in [0.4, 0.5) is 5.82 Å². The summed E-state index contributed by atoms with van der Waals surface area (Å²) in [5, 5.41) is 0. The molecule has 0 spiro atoms. The smallest absolute Gasteiger partial charge is 0.266 e. The number of nitrogens with zero attached hydrogens (tertiary/aromatic N) is 3. The summed E-state index contributed by atoms with van der Waals surface area (Å²) in [7, 11) is 0. The van der Waals surface area contributed by atoms with Crippen LogP contribution in [-0.2, 0) is 4.79 Å².